The lowest BCUT2D eigenvalue weighted by atomic mass is 10.3. The highest BCUT2D eigenvalue weighted by Crippen LogP contribution is 2.59. The summed E-state index contributed by atoms with van der Waals surface area (Å²) in [6.07, 6.45) is 3.46. The second kappa shape index (κ2) is 5.16. The molecule has 0 unspecified atom stereocenters. The first kappa shape index (κ1) is 11.9. The van der Waals surface area contributed by atoms with Gasteiger partial charge in [0.15, 0.2) is 0 Å². The second-order valence-electron chi connectivity index (χ2n) is 3.50. The molecule has 8 heteroatoms. The minimum atomic E-state index is -3.14. The molecular weight excluding hydrogens is 233 g/mol. The van der Waals surface area contributed by atoms with Gasteiger partial charge in [0.1, 0.15) is 12.3 Å². The Morgan fingerprint density at radius 2 is 2.19 bits per heavy atom. The van der Waals surface area contributed by atoms with Gasteiger partial charge in [0.05, 0.1) is 19.4 Å². The second-order valence-corrected chi connectivity index (χ2v) is 5.21. The van der Waals surface area contributed by atoms with Gasteiger partial charge in [-0.15, -0.1) is 5.10 Å². The van der Waals surface area contributed by atoms with Gasteiger partial charge in [0, 0.05) is 7.05 Å². The van der Waals surface area contributed by atoms with Gasteiger partial charge < -0.3 is 4.89 Å². The molecule has 1 aromatic rings. The molecule has 1 aromatic heterocycles. The van der Waals surface area contributed by atoms with Crippen LogP contribution in [0.5, 0.6) is 0 Å². The van der Waals surface area contributed by atoms with Crippen LogP contribution in [0.4, 0.5) is 0 Å². The first-order valence-corrected chi connectivity index (χ1v) is 6.58. The van der Waals surface area contributed by atoms with Crippen molar-refractivity contribution >= 4 is 8.17 Å². The van der Waals surface area contributed by atoms with Gasteiger partial charge in [-0.2, -0.15) is 0 Å². The summed E-state index contributed by atoms with van der Waals surface area (Å²) in [5.41, 5.74) is 0.632. The maximum atomic E-state index is 9.91. The molecule has 0 spiro atoms. The van der Waals surface area contributed by atoms with E-state index < -0.39 is 8.17 Å². The van der Waals surface area contributed by atoms with Crippen molar-refractivity contribution in [3.63, 3.8) is 0 Å². The van der Waals surface area contributed by atoms with Crippen LogP contribution in [-0.2, 0) is 27.2 Å². The monoisotopic (exact) mass is 248 g/mol. The Balaban J connectivity index is 1.87. The third kappa shape index (κ3) is 3.20. The van der Waals surface area contributed by atoms with Crippen LogP contribution in [0.1, 0.15) is 18.5 Å². The smallest absolute Gasteiger partial charge is 0.314 e. The summed E-state index contributed by atoms with van der Waals surface area (Å²) in [7, 11) is -1.38. The Kier molecular flexibility index (Phi) is 3.83. The van der Waals surface area contributed by atoms with Crippen molar-refractivity contribution in [3.05, 3.63) is 11.9 Å². The van der Waals surface area contributed by atoms with Gasteiger partial charge in [0.2, 0.25) is 0 Å². The first-order valence-electron chi connectivity index (χ1n) is 5.08. The fraction of sp³-hybridized carbons (Fsp3) is 0.750. The highest BCUT2D eigenvalue weighted by Gasteiger charge is 2.31. The lowest BCUT2D eigenvalue weighted by Gasteiger charge is -2.24. The van der Waals surface area contributed by atoms with Crippen molar-refractivity contribution in [3.8, 4) is 0 Å². The Bertz CT molecular complexity index is 338. The summed E-state index contributed by atoms with van der Waals surface area (Å²) < 4.78 is 17.2. The molecule has 1 fully saturated rings. The standard InChI is InChI=1S/C8H15N3O4P/c1-11-6-8(9-10-11)7-15-16(12)13-4-2-3-5-14-16/h6,12H,2-5,7H2,1H3. The average Bonchev–Trinajstić information content (AvgIpc) is 2.54. The molecule has 91 valence electrons. The van der Waals surface area contributed by atoms with Crippen LogP contribution in [0.25, 0.3) is 0 Å². The lowest BCUT2D eigenvalue weighted by Crippen LogP contribution is -2.05. The van der Waals surface area contributed by atoms with Crippen LogP contribution in [0, 0.1) is 0 Å². The molecular formula is C8H15N3O4P. The van der Waals surface area contributed by atoms with Gasteiger partial charge in [-0.25, -0.2) is 0 Å². The molecule has 2 heterocycles. The van der Waals surface area contributed by atoms with E-state index in [2.05, 4.69) is 10.3 Å². The molecule has 1 aliphatic rings. The number of hydrogen-bond acceptors (Lipinski definition) is 6. The highest BCUT2D eigenvalue weighted by molar-refractivity contribution is 7.55. The van der Waals surface area contributed by atoms with Crippen molar-refractivity contribution in [2.45, 2.75) is 19.4 Å². The maximum absolute atomic E-state index is 9.91. The molecule has 0 bridgehead atoms. The third-order valence-corrected chi connectivity index (χ3v) is 3.55. The molecule has 1 saturated heterocycles. The molecule has 0 saturated carbocycles. The summed E-state index contributed by atoms with van der Waals surface area (Å²) in [5, 5.41) is 7.60. The van der Waals surface area contributed by atoms with E-state index in [9.17, 15) is 4.89 Å². The van der Waals surface area contributed by atoms with Crippen LogP contribution < -0.4 is 0 Å². The molecule has 0 atom stereocenters. The number of rotatable bonds is 3. The minimum absolute atomic E-state index is 0.137. The zero-order valence-electron chi connectivity index (χ0n) is 9.07. The molecule has 2 rings (SSSR count). The maximum Gasteiger partial charge on any atom is 0.378 e. The van der Waals surface area contributed by atoms with Crippen LogP contribution in [0.3, 0.4) is 0 Å². The van der Waals surface area contributed by atoms with Gasteiger partial charge in [0.25, 0.3) is 0 Å². The van der Waals surface area contributed by atoms with Crippen LogP contribution >= 0.6 is 8.17 Å². The van der Waals surface area contributed by atoms with E-state index in [1.165, 1.54) is 0 Å². The Morgan fingerprint density at radius 3 is 2.75 bits per heavy atom. The summed E-state index contributed by atoms with van der Waals surface area (Å²) in [6, 6.07) is 0. The van der Waals surface area contributed by atoms with Gasteiger partial charge in [-0.3, -0.25) is 18.3 Å². The SMILES string of the molecule is Cn1cc(CO[P]2(O)OCCCCO2)nn1. The van der Waals surface area contributed by atoms with E-state index in [-0.39, 0.29) is 6.61 Å². The normalized spacial score (nSPS) is 20.6. The van der Waals surface area contributed by atoms with Crippen molar-refractivity contribution < 1.29 is 18.5 Å². The van der Waals surface area contributed by atoms with Gasteiger partial charge >= 0.3 is 8.17 Å². The van der Waals surface area contributed by atoms with E-state index >= 15 is 0 Å². The van der Waals surface area contributed by atoms with Crippen molar-refractivity contribution in [1.82, 2.24) is 15.0 Å². The van der Waals surface area contributed by atoms with E-state index in [0.717, 1.165) is 12.8 Å². The van der Waals surface area contributed by atoms with Crippen molar-refractivity contribution in [2.75, 3.05) is 13.2 Å². The predicted octanol–water partition coefficient (Wildman–Crippen LogP) is 0.829. The largest absolute Gasteiger partial charge is 0.378 e. The molecule has 0 amide bonds. The van der Waals surface area contributed by atoms with Gasteiger partial charge in [-0.05, 0) is 12.8 Å². The van der Waals surface area contributed by atoms with Crippen LogP contribution in [0.15, 0.2) is 6.20 Å². The fourth-order valence-electron chi connectivity index (χ4n) is 1.28. The Hall–Kier alpha value is -0.590. The zero-order valence-corrected chi connectivity index (χ0v) is 9.97. The van der Waals surface area contributed by atoms with Crippen LogP contribution in [-0.4, -0.2) is 33.1 Å². The van der Waals surface area contributed by atoms with Crippen molar-refractivity contribution in [1.29, 1.82) is 0 Å². The van der Waals surface area contributed by atoms with Crippen LogP contribution in [0.2, 0.25) is 0 Å². The minimum Gasteiger partial charge on any atom is -0.314 e. The van der Waals surface area contributed by atoms with E-state index in [4.69, 9.17) is 13.6 Å². The fourth-order valence-corrected chi connectivity index (χ4v) is 2.52. The summed E-state index contributed by atoms with van der Waals surface area (Å²) >= 11 is 0. The lowest BCUT2D eigenvalue weighted by molar-refractivity contribution is 0.0917. The Morgan fingerprint density at radius 1 is 1.50 bits per heavy atom. The zero-order chi connectivity index (χ0) is 11.4. The molecule has 1 radical (unpaired) electrons. The molecule has 0 aromatic carbocycles. The van der Waals surface area contributed by atoms with Crippen molar-refractivity contribution in [2.24, 2.45) is 7.05 Å². The quantitative estimate of drug-likeness (QED) is 0.798. The third-order valence-electron chi connectivity index (χ3n) is 2.07. The average molecular weight is 248 g/mol. The summed E-state index contributed by atoms with van der Waals surface area (Å²) in [5.74, 6) is 0. The predicted molar refractivity (Wildman–Crippen MR) is 56.1 cm³/mol. The topological polar surface area (TPSA) is 78.6 Å². The molecule has 1 aliphatic heterocycles. The molecule has 1 N–H and O–H groups in total. The van der Waals surface area contributed by atoms with E-state index in [0.29, 0.717) is 18.9 Å². The number of aryl methyl sites for hydroxylation is 1. The first-order chi connectivity index (χ1) is 7.68. The molecule has 0 aliphatic carbocycles. The summed E-state index contributed by atoms with van der Waals surface area (Å²) in [4.78, 5) is 9.91. The number of nitrogens with zero attached hydrogens (tertiary/aromatic N) is 3. The summed E-state index contributed by atoms with van der Waals surface area (Å²) in [6.45, 7) is 1.06. The number of aromatic nitrogens is 3. The molecule has 7 nitrogen and oxygen atoms in total. The van der Waals surface area contributed by atoms with E-state index in [1.807, 2.05) is 0 Å². The highest BCUT2D eigenvalue weighted by atomic mass is 31.2. The number of hydrogen-bond donors (Lipinski definition) is 1. The van der Waals surface area contributed by atoms with E-state index in [1.54, 1.807) is 17.9 Å². The molecule has 16 heavy (non-hydrogen) atoms. The Labute approximate surface area is 94.0 Å². The van der Waals surface area contributed by atoms with Gasteiger partial charge in [-0.1, -0.05) is 5.21 Å².